The van der Waals surface area contributed by atoms with Gasteiger partial charge in [-0.1, -0.05) is 31.4 Å². The fourth-order valence-corrected chi connectivity index (χ4v) is 5.62. The first kappa shape index (κ1) is 27.5. The van der Waals surface area contributed by atoms with Crippen LogP contribution in [0, 0.1) is 0 Å². The van der Waals surface area contributed by atoms with Crippen molar-refractivity contribution in [2.75, 3.05) is 25.7 Å². The van der Waals surface area contributed by atoms with E-state index in [0.717, 1.165) is 30.6 Å². The van der Waals surface area contributed by atoms with Gasteiger partial charge >= 0.3 is 0 Å². The minimum atomic E-state index is -0.901. The van der Waals surface area contributed by atoms with E-state index >= 15 is 0 Å². The fraction of sp³-hybridized carbons (Fsp3) is 0.400. The maximum Gasteiger partial charge on any atom is 0.248 e. The zero-order valence-corrected chi connectivity index (χ0v) is 23.1. The van der Waals surface area contributed by atoms with Crippen molar-refractivity contribution in [2.45, 2.75) is 57.5 Å². The molecule has 1 aliphatic carbocycles. The molecule has 0 radical (unpaired) electrons. The van der Waals surface area contributed by atoms with E-state index in [9.17, 15) is 9.59 Å². The number of anilines is 1. The highest BCUT2D eigenvalue weighted by molar-refractivity contribution is 7.10. The lowest BCUT2D eigenvalue weighted by molar-refractivity contribution is -0.127. The van der Waals surface area contributed by atoms with Gasteiger partial charge in [-0.15, -0.1) is 11.3 Å². The second-order valence-corrected chi connectivity index (χ2v) is 10.3. The van der Waals surface area contributed by atoms with Crippen LogP contribution in [0.25, 0.3) is 0 Å². The number of nitrogens with zero attached hydrogens (tertiary/aromatic N) is 1. The highest BCUT2D eigenvalue weighted by atomic mass is 32.1. The van der Waals surface area contributed by atoms with Gasteiger partial charge in [-0.2, -0.15) is 0 Å². The Labute approximate surface area is 228 Å². The maximum absolute atomic E-state index is 14.1. The molecule has 1 fully saturated rings. The van der Waals surface area contributed by atoms with Crippen LogP contribution in [0.5, 0.6) is 17.2 Å². The third kappa shape index (κ3) is 6.67. The molecular formula is C30H36N2O5S. The molecule has 3 aromatic rings. The van der Waals surface area contributed by atoms with Gasteiger partial charge in [-0.05, 0) is 73.2 Å². The lowest BCUT2D eigenvalue weighted by Crippen LogP contribution is -2.47. The van der Waals surface area contributed by atoms with Crippen LogP contribution in [0.2, 0.25) is 0 Å². The molecule has 1 N–H and O–H groups in total. The van der Waals surface area contributed by atoms with Crippen LogP contribution in [-0.2, 0) is 16.0 Å². The van der Waals surface area contributed by atoms with Crippen LogP contribution in [-0.4, -0.2) is 38.7 Å². The van der Waals surface area contributed by atoms with Crippen molar-refractivity contribution in [1.82, 2.24) is 5.32 Å². The molecule has 1 aromatic heterocycles. The number of thiophene rings is 1. The number of ether oxygens (including phenoxy) is 3. The molecule has 4 rings (SSSR count). The first-order valence-electron chi connectivity index (χ1n) is 13.1. The van der Waals surface area contributed by atoms with Crippen LogP contribution in [0.3, 0.4) is 0 Å². The minimum absolute atomic E-state index is 0.0912. The first-order valence-corrected chi connectivity index (χ1v) is 14.0. The van der Waals surface area contributed by atoms with Gasteiger partial charge in [0.1, 0.15) is 11.8 Å². The quantitative estimate of drug-likeness (QED) is 0.329. The molecule has 2 amide bonds. The largest absolute Gasteiger partial charge is 0.494 e. The summed E-state index contributed by atoms with van der Waals surface area (Å²) in [5, 5.41) is 5.20. The van der Waals surface area contributed by atoms with Crippen molar-refractivity contribution in [2.24, 2.45) is 0 Å². The van der Waals surface area contributed by atoms with Crippen molar-refractivity contribution in [1.29, 1.82) is 0 Å². The molecule has 0 aliphatic heterocycles. The van der Waals surface area contributed by atoms with Gasteiger partial charge < -0.3 is 19.5 Å². The molecule has 7 nitrogen and oxygen atoms in total. The predicted molar refractivity (Wildman–Crippen MR) is 150 cm³/mol. The summed E-state index contributed by atoms with van der Waals surface area (Å²) < 4.78 is 16.6. The number of nitrogens with one attached hydrogen (secondary N) is 1. The predicted octanol–water partition coefficient (Wildman–Crippen LogP) is 5.93. The number of hydrogen-bond donors (Lipinski definition) is 1. The van der Waals surface area contributed by atoms with Crippen molar-refractivity contribution in [3.63, 3.8) is 0 Å². The van der Waals surface area contributed by atoms with Crippen molar-refractivity contribution >= 4 is 28.8 Å². The fourth-order valence-electron chi connectivity index (χ4n) is 4.92. The molecule has 2 aromatic carbocycles. The van der Waals surface area contributed by atoms with Gasteiger partial charge in [0.25, 0.3) is 0 Å². The van der Waals surface area contributed by atoms with Crippen LogP contribution >= 0.6 is 11.3 Å². The third-order valence-electron chi connectivity index (χ3n) is 6.78. The Hall–Kier alpha value is -3.52. The van der Waals surface area contributed by atoms with E-state index < -0.39 is 6.04 Å². The average molecular weight is 537 g/mol. The molecule has 0 saturated heterocycles. The van der Waals surface area contributed by atoms with E-state index in [-0.39, 0.29) is 24.3 Å². The molecule has 1 saturated carbocycles. The summed E-state index contributed by atoms with van der Waals surface area (Å²) in [7, 11) is 3.13. The molecule has 0 bridgehead atoms. The van der Waals surface area contributed by atoms with E-state index in [1.807, 2.05) is 54.8 Å². The normalized spacial score (nSPS) is 14.4. The first-order chi connectivity index (χ1) is 18.5. The Morgan fingerprint density at radius 1 is 1.00 bits per heavy atom. The van der Waals surface area contributed by atoms with Crippen LogP contribution in [0.4, 0.5) is 5.69 Å². The Kier molecular flexibility index (Phi) is 9.65. The number of hydrogen-bond acceptors (Lipinski definition) is 6. The minimum Gasteiger partial charge on any atom is -0.494 e. The van der Waals surface area contributed by atoms with Crippen molar-refractivity contribution < 1.29 is 23.8 Å². The maximum atomic E-state index is 14.1. The second-order valence-electron chi connectivity index (χ2n) is 9.31. The van der Waals surface area contributed by atoms with Gasteiger partial charge in [-0.25, -0.2) is 0 Å². The van der Waals surface area contributed by atoms with E-state index in [1.54, 1.807) is 31.3 Å². The van der Waals surface area contributed by atoms with E-state index in [4.69, 9.17) is 14.2 Å². The number of amides is 2. The van der Waals surface area contributed by atoms with Gasteiger partial charge in [0.15, 0.2) is 11.5 Å². The standard InChI is InChI=1S/C30H36N2O5S/c1-4-37-24-15-13-23(14-16-24)32(28(33)20-25-11-8-18-38-25)29(30(34)31-22-9-6-5-7-10-22)21-12-17-26(35-2)27(19-21)36-3/h8,11-19,22,29H,4-7,9-10,20H2,1-3H3,(H,31,34)/t29-/m0/s1. The van der Waals surface area contributed by atoms with Gasteiger partial charge in [-0.3, -0.25) is 14.5 Å². The Morgan fingerprint density at radius 2 is 1.74 bits per heavy atom. The summed E-state index contributed by atoms with van der Waals surface area (Å²) >= 11 is 1.52. The van der Waals surface area contributed by atoms with E-state index in [0.29, 0.717) is 35.1 Å². The summed E-state index contributed by atoms with van der Waals surface area (Å²) in [4.78, 5) is 30.6. The molecule has 1 atom stereocenters. The SMILES string of the molecule is CCOc1ccc(N(C(=O)Cc2cccs2)[C@H](C(=O)NC2CCCCC2)c2ccc(OC)c(OC)c2)cc1. The number of methoxy groups -OCH3 is 2. The summed E-state index contributed by atoms with van der Waals surface area (Å²) in [6.07, 6.45) is 5.43. The van der Waals surface area contributed by atoms with E-state index in [2.05, 4.69) is 5.32 Å². The Morgan fingerprint density at radius 3 is 2.37 bits per heavy atom. The van der Waals surface area contributed by atoms with E-state index in [1.165, 1.54) is 17.8 Å². The second kappa shape index (κ2) is 13.3. The third-order valence-corrected chi connectivity index (χ3v) is 7.66. The van der Waals surface area contributed by atoms with Crippen LogP contribution in [0.15, 0.2) is 60.0 Å². The van der Waals surface area contributed by atoms with Gasteiger partial charge in [0.2, 0.25) is 11.8 Å². The Bertz CT molecular complexity index is 1190. The molecular weight excluding hydrogens is 500 g/mol. The summed E-state index contributed by atoms with van der Waals surface area (Å²) in [6.45, 7) is 2.46. The monoisotopic (exact) mass is 536 g/mol. The highest BCUT2D eigenvalue weighted by Crippen LogP contribution is 2.36. The zero-order valence-electron chi connectivity index (χ0n) is 22.3. The van der Waals surface area contributed by atoms with Gasteiger partial charge in [0, 0.05) is 16.6 Å². The number of carbonyl (C=O) groups is 2. The molecule has 1 aliphatic rings. The summed E-state index contributed by atoms with van der Waals surface area (Å²) in [5.41, 5.74) is 1.26. The smallest absolute Gasteiger partial charge is 0.248 e. The molecule has 0 spiro atoms. The average Bonchev–Trinajstić information content (AvgIpc) is 3.45. The summed E-state index contributed by atoms with van der Waals surface area (Å²) in [5.74, 6) is 1.38. The van der Waals surface area contributed by atoms with Crippen LogP contribution < -0.4 is 24.4 Å². The lowest BCUT2D eigenvalue weighted by atomic mass is 9.94. The number of benzene rings is 2. The number of rotatable bonds is 11. The molecule has 8 heteroatoms. The molecule has 1 heterocycles. The van der Waals surface area contributed by atoms with Crippen molar-refractivity contribution in [3.05, 3.63) is 70.4 Å². The van der Waals surface area contributed by atoms with Gasteiger partial charge in [0.05, 0.1) is 27.2 Å². The summed E-state index contributed by atoms with van der Waals surface area (Å²) in [6, 6.07) is 15.8. The zero-order chi connectivity index (χ0) is 26.9. The molecule has 0 unspecified atom stereocenters. The Balaban J connectivity index is 1.79. The number of carbonyl (C=O) groups excluding carboxylic acids is 2. The molecule has 202 valence electrons. The highest BCUT2D eigenvalue weighted by Gasteiger charge is 2.35. The lowest BCUT2D eigenvalue weighted by Gasteiger charge is -2.34. The molecule has 38 heavy (non-hydrogen) atoms. The van der Waals surface area contributed by atoms with Crippen molar-refractivity contribution in [3.8, 4) is 17.2 Å². The topological polar surface area (TPSA) is 77.1 Å². The van der Waals surface area contributed by atoms with Crippen LogP contribution in [0.1, 0.15) is 55.5 Å².